The van der Waals surface area contributed by atoms with Crippen LogP contribution in [0.2, 0.25) is 0 Å². The number of carbonyl (C=O) groups is 1. The highest BCUT2D eigenvalue weighted by molar-refractivity contribution is 7.99. The lowest BCUT2D eigenvalue weighted by Gasteiger charge is -2.16. The Bertz CT molecular complexity index is 894. The van der Waals surface area contributed by atoms with Crippen LogP contribution >= 0.6 is 11.8 Å². The molecule has 7 heteroatoms. The van der Waals surface area contributed by atoms with Crippen LogP contribution in [0, 0.1) is 6.92 Å². The Hall–Kier alpha value is -2.80. The quantitative estimate of drug-likeness (QED) is 0.517. The minimum absolute atomic E-state index is 0.0556. The predicted octanol–water partition coefficient (Wildman–Crippen LogP) is 2.94. The van der Waals surface area contributed by atoms with Crippen molar-refractivity contribution in [1.82, 2.24) is 20.2 Å². The summed E-state index contributed by atoms with van der Waals surface area (Å²) in [6, 6.07) is 17.6. The van der Waals surface area contributed by atoms with Crippen molar-refractivity contribution >= 4 is 17.7 Å². The number of aryl methyl sites for hydroxylation is 1. The smallest absolute Gasteiger partial charge is 0.230 e. The van der Waals surface area contributed by atoms with Gasteiger partial charge in [-0.05, 0) is 25.0 Å². The summed E-state index contributed by atoms with van der Waals surface area (Å²) < 4.78 is 1.41. The van der Waals surface area contributed by atoms with Crippen LogP contribution in [0.1, 0.15) is 24.1 Å². The SMILES string of the molecule is Cc1ccccc1C(C)NC(=O)CSc1nnc(-c2ccccc2)n1N. The molecule has 0 radical (unpaired) electrons. The first-order valence-electron chi connectivity index (χ1n) is 8.30. The first-order chi connectivity index (χ1) is 12.6. The molecule has 0 aliphatic carbocycles. The number of carbonyl (C=O) groups excluding carboxylic acids is 1. The summed E-state index contributed by atoms with van der Waals surface area (Å²) in [5.41, 5.74) is 3.15. The standard InChI is InChI=1S/C19H21N5OS/c1-13-8-6-7-11-16(13)14(2)21-17(25)12-26-19-23-22-18(24(19)20)15-9-4-3-5-10-15/h3-11,14H,12,20H2,1-2H3,(H,21,25). The van der Waals surface area contributed by atoms with Gasteiger partial charge in [-0.3, -0.25) is 4.79 Å². The number of rotatable bonds is 6. The highest BCUT2D eigenvalue weighted by atomic mass is 32.2. The topological polar surface area (TPSA) is 85.8 Å². The molecule has 3 N–H and O–H groups in total. The van der Waals surface area contributed by atoms with Gasteiger partial charge in [-0.1, -0.05) is 66.4 Å². The largest absolute Gasteiger partial charge is 0.349 e. The number of amides is 1. The number of thioether (sulfide) groups is 1. The van der Waals surface area contributed by atoms with E-state index in [9.17, 15) is 4.79 Å². The number of hydrogen-bond acceptors (Lipinski definition) is 5. The molecule has 26 heavy (non-hydrogen) atoms. The van der Waals surface area contributed by atoms with Gasteiger partial charge in [-0.25, -0.2) is 4.68 Å². The molecular weight excluding hydrogens is 346 g/mol. The second kappa shape index (κ2) is 8.05. The van der Waals surface area contributed by atoms with Gasteiger partial charge in [-0.2, -0.15) is 0 Å². The Morgan fingerprint density at radius 1 is 1.15 bits per heavy atom. The predicted molar refractivity (Wildman–Crippen MR) is 104 cm³/mol. The Kier molecular flexibility index (Phi) is 5.58. The van der Waals surface area contributed by atoms with Gasteiger partial charge in [0.1, 0.15) is 0 Å². The van der Waals surface area contributed by atoms with E-state index < -0.39 is 0 Å². The third-order valence-corrected chi connectivity index (χ3v) is 5.00. The number of benzene rings is 2. The zero-order chi connectivity index (χ0) is 18.5. The monoisotopic (exact) mass is 367 g/mol. The molecule has 0 aliphatic heterocycles. The number of nitrogens with one attached hydrogen (secondary N) is 1. The van der Waals surface area contributed by atoms with Crippen LogP contribution in [0.4, 0.5) is 0 Å². The molecule has 1 heterocycles. The number of aromatic nitrogens is 3. The maximum atomic E-state index is 12.3. The molecule has 6 nitrogen and oxygen atoms in total. The minimum Gasteiger partial charge on any atom is -0.349 e. The minimum atomic E-state index is -0.0741. The van der Waals surface area contributed by atoms with Crippen LogP contribution in [-0.2, 0) is 4.79 Å². The molecule has 0 saturated heterocycles. The maximum absolute atomic E-state index is 12.3. The Balaban J connectivity index is 1.60. The third kappa shape index (κ3) is 4.05. The lowest BCUT2D eigenvalue weighted by molar-refractivity contribution is -0.119. The normalized spacial score (nSPS) is 11.9. The number of nitrogens with two attached hydrogens (primary N) is 1. The van der Waals surface area contributed by atoms with Crippen molar-refractivity contribution < 1.29 is 4.79 Å². The second-order valence-corrected chi connectivity index (χ2v) is 6.92. The summed E-state index contributed by atoms with van der Waals surface area (Å²) in [6.07, 6.45) is 0. The third-order valence-electron chi connectivity index (χ3n) is 4.06. The van der Waals surface area contributed by atoms with Crippen LogP contribution in [-0.4, -0.2) is 26.5 Å². The number of nitrogen functional groups attached to an aromatic ring is 1. The fraction of sp³-hybridized carbons (Fsp3) is 0.211. The van der Waals surface area contributed by atoms with Crippen molar-refractivity contribution in [2.75, 3.05) is 11.6 Å². The van der Waals surface area contributed by atoms with Gasteiger partial charge in [0.2, 0.25) is 11.1 Å². The van der Waals surface area contributed by atoms with Gasteiger partial charge in [0.05, 0.1) is 11.8 Å². The summed E-state index contributed by atoms with van der Waals surface area (Å²) in [5.74, 6) is 6.79. The van der Waals surface area contributed by atoms with E-state index in [1.807, 2.05) is 68.4 Å². The number of nitrogens with zero attached hydrogens (tertiary/aromatic N) is 3. The second-order valence-electron chi connectivity index (χ2n) is 5.98. The van der Waals surface area contributed by atoms with Crippen molar-refractivity contribution in [3.8, 4) is 11.4 Å². The summed E-state index contributed by atoms with van der Waals surface area (Å²) in [6.45, 7) is 4.01. The van der Waals surface area contributed by atoms with Crippen molar-refractivity contribution in [3.63, 3.8) is 0 Å². The molecule has 1 atom stereocenters. The fourth-order valence-corrected chi connectivity index (χ4v) is 3.39. The van der Waals surface area contributed by atoms with Crippen molar-refractivity contribution in [3.05, 3.63) is 65.7 Å². The molecule has 0 aliphatic rings. The molecule has 1 amide bonds. The summed E-state index contributed by atoms with van der Waals surface area (Å²) >= 11 is 1.26. The van der Waals surface area contributed by atoms with E-state index in [1.165, 1.54) is 16.4 Å². The highest BCUT2D eigenvalue weighted by Crippen LogP contribution is 2.22. The highest BCUT2D eigenvalue weighted by Gasteiger charge is 2.15. The number of hydrogen-bond donors (Lipinski definition) is 2. The molecule has 0 saturated carbocycles. The van der Waals surface area contributed by atoms with Gasteiger partial charge >= 0.3 is 0 Å². The zero-order valence-electron chi connectivity index (χ0n) is 14.7. The first-order valence-corrected chi connectivity index (χ1v) is 9.28. The van der Waals surface area contributed by atoms with E-state index >= 15 is 0 Å². The molecule has 134 valence electrons. The first kappa shape index (κ1) is 18.0. The molecule has 1 unspecified atom stereocenters. The van der Waals surface area contributed by atoms with Crippen molar-refractivity contribution in [2.24, 2.45) is 0 Å². The van der Waals surface area contributed by atoms with Crippen molar-refractivity contribution in [2.45, 2.75) is 25.0 Å². The van der Waals surface area contributed by atoms with Gasteiger partial charge in [-0.15, -0.1) is 10.2 Å². The van der Waals surface area contributed by atoms with Gasteiger partial charge in [0.25, 0.3) is 0 Å². The van der Waals surface area contributed by atoms with Gasteiger partial charge in [0.15, 0.2) is 5.82 Å². The van der Waals surface area contributed by atoms with Crippen molar-refractivity contribution in [1.29, 1.82) is 0 Å². The van der Waals surface area contributed by atoms with E-state index in [-0.39, 0.29) is 17.7 Å². The molecule has 0 fully saturated rings. The molecule has 3 rings (SSSR count). The molecular formula is C19H21N5OS. The van der Waals surface area contributed by atoms with E-state index in [2.05, 4.69) is 15.5 Å². The zero-order valence-corrected chi connectivity index (χ0v) is 15.5. The summed E-state index contributed by atoms with van der Waals surface area (Å²) in [7, 11) is 0. The van der Waals surface area contributed by atoms with Crippen LogP contribution in [0.15, 0.2) is 59.8 Å². The Morgan fingerprint density at radius 2 is 1.85 bits per heavy atom. The van der Waals surface area contributed by atoms with E-state index in [0.29, 0.717) is 11.0 Å². The lowest BCUT2D eigenvalue weighted by Crippen LogP contribution is -2.28. The van der Waals surface area contributed by atoms with E-state index in [0.717, 1.165) is 16.7 Å². The molecule has 0 spiro atoms. The fourth-order valence-electron chi connectivity index (χ4n) is 2.72. The van der Waals surface area contributed by atoms with Gasteiger partial charge < -0.3 is 11.2 Å². The summed E-state index contributed by atoms with van der Waals surface area (Å²) in [5, 5.41) is 11.7. The van der Waals surface area contributed by atoms with E-state index in [4.69, 9.17) is 5.84 Å². The van der Waals surface area contributed by atoms with E-state index in [1.54, 1.807) is 0 Å². The molecule has 0 bridgehead atoms. The molecule has 2 aromatic carbocycles. The summed E-state index contributed by atoms with van der Waals surface area (Å²) in [4.78, 5) is 12.3. The van der Waals surface area contributed by atoms with Crippen LogP contribution in [0.3, 0.4) is 0 Å². The van der Waals surface area contributed by atoms with Crippen LogP contribution in [0.5, 0.6) is 0 Å². The lowest BCUT2D eigenvalue weighted by atomic mass is 10.0. The average molecular weight is 367 g/mol. The average Bonchev–Trinajstić information content (AvgIpc) is 3.01. The van der Waals surface area contributed by atoms with Gasteiger partial charge in [0, 0.05) is 5.56 Å². The van der Waals surface area contributed by atoms with Crippen LogP contribution < -0.4 is 11.2 Å². The maximum Gasteiger partial charge on any atom is 0.230 e. The Morgan fingerprint density at radius 3 is 2.58 bits per heavy atom. The molecule has 1 aromatic heterocycles. The Labute approximate surface area is 156 Å². The molecule has 3 aromatic rings. The van der Waals surface area contributed by atoms with Crippen LogP contribution in [0.25, 0.3) is 11.4 Å².